The van der Waals surface area contributed by atoms with E-state index in [4.69, 9.17) is 17.3 Å². The lowest BCUT2D eigenvalue weighted by molar-refractivity contribution is -0.136. The van der Waals surface area contributed by atoms with Crippen LogP contribution in [0.15, 0.2) is 42.5 Å². The molecule has 2 fully saturated rings. The smallest absolute Gasteiger partial charge is 0.228 e. The van der Waals surface area contributed by atoms with Crippen molar-refractivity contribution in [1.29, 1.82) is 0 Å². The van der Waals surface area contributed by atoms with Crippen molar-refractivity contribution < 1.29 is 14.0 Å². The lowest BCUT2D eigenvalue weighted by atomic mass is 9.88. The number of carbonyl (C=O) groups excluding carboxylic acids is 2. The predicted octanol–water partition coefficient (Wildman–Crippen LogP) is 4.05. The SMILES string of the molecule is CC(=O)N1C[C@@H](C(=O)N2CCN(c3c(F)cccc3[C@@H](N)C(C)C)CC2)[C@H](c2ccc(Cl)cc2)C1. The van der Waals surface area contributed by atoms with Crippen LogP contribution in [-0.2, 0) is 9.59 Å². The molecule has 0 aliphatic carbocycles. The summed E-state index contributed by atoms with van der Waals surface area (Å²) in [5, 5.41) is 0.638. The number of amides is 2. The first-order valence-corrected chi connectivity index (χ1v) is 12.6. The number of nitrogens with two attached hydrogens (primary N) is 1. The summed E-state index contributed by atoms with van der Waals surface area (Å²) in [7, 11) is 0. The predicted molar refractivity (Wildman–Crippen MR) is 137 cm³/mol. The van der Waals surface area contributed by atoms with Gasteiger partial charge in [-0.15, -0.1) is 0 Å². The van der Waals surface area contributed by atoms with Crippen LogP contribution in [0.2, 0.25) is 5.02 Å². The Balaban J connectivity index is 1.50. The number of hydrogen-bond donors (Lipinski definition) is 1. The van der Waals surface area contributed by atoms with E-state index in [0.717, 1.165) is 11.1 Å². The summed E-state index contributed by atoms with van der Waals surface area (Å²) in [5.74, 6) is -0.489. The van der Waals surface area contributed by atoms with E-state index >= 15 is 0 Å². The maximum absolute atomic E-state index is 14.9. The Morgan fingerprint density at radius 2 is 1.66 bits per heavy atom. The van der Waals surface area contributed by atoms with Gasteiger partial charge < -0.3 is 20.4 Å². The van der Waals surface area contributed by atoms with Gasteiger partial charge in [0, 0.05) is 63.2 Å². The Kier molecular flexibility index (Phi) is 7.67. The van der Waals surface area contributed by atoms with E-state index in [9.17, 15) is 14.0 Å². The number of para-hydroxylation sites is 1. The van der Waals surface area contributed by atoms with Crippen LogP contribution in [0, 0.1) is 17.7 Å². The fourth-order valence-corrected chi connectivity index (χ4v) is 5.36. The van der Waals surface area contributed by atoms with Gasteiger partial charge in [-0.25, -0.2) is 4.39 Å². The number of nitrogens with zero attached hydrogens (tertiary/aromatic N) is 3. The highest BCUT2D eigenvalue weighted by molar-refractivity contribution is 6.30. The zero-order valence-electron chi connectivity index (χ0n) is 20.6. The molecule has 2 aromatic carbocycles. The molecule has 4 rings (SSSR count). The average Bonchev–Trinajstić information content (AvgIpc) is 3.29. The number of carbonyl (C=O) groups is 2. The van der Waals surface area contributed by atoms with Crippen molar-refractivity contribution in [2.24, 2.45) is 17.6 Å². The first-order chi connectivity index (χ1) is 16.7. The van der Waals surface area contributed by atoms with Crippen LogP contribution in [0.4, 0.5) is 10.1 Å². The Morgan fingerprint density at radius 3 is 2.26 bits per heavy atom. The summed E-state index contributed by atoms with van der Waals surface area (Å²) < 4.78 is 14.9. The number of piperazine rings is 1. The molecular weight excluding hydrogens is 467 g/mol. The summed E-state index contributed by atoms with van der Waals surface area (Å²) in [4.78, 5) is 31.4. The first kappa shape index (κ1) is 25.5. The van der Waals surface area contributed by atoms with E-state index in [0.29, 0.717) is 50.0 Å². The zero-order chi connectivity index (χ0) is 25.3. The minimum absolute atomic E-state index is 0.0299. The van der Waals surface area contributed by atoms with Gasteiger partial charge >= 0.3 is 0 Å². The molecule has 2 heterocycles. The third kappa shape index (κ3) is 5.31. The van der Waals surface area contributed by atoms with Crippen molar-refractivity contribution >= 4 is 29.1 Å². The summed E-state index contributed by atoms with van der Waals surface area (Å²) in [6.45, 7) is 8.55. The van der Waals surface area contributed by atoms with Gasteiger partial charge in [-0.2, -0.15) is 0 Å². The van der Waals surface area contributed by atoms with Crippen LogP contribution in [0.1, 0.15) is 43.9 Å². The number of anilines is 1. The second-order valence-electron chi connectivity index (χ2n) is 9.95. The van der Waals surface area contributed by atoms with Crippen molar-refractivity contribution in [2.75, 3.05) is 44.2 Å². The highest BCUT2D eigenvalue weighted by atomic mass is 35.5. The molecule has 2 saturated heterocycles. The topological polar surface area (TPSA) is 69.9 Å². The molecule has 0 unspecified atom stereocenters. The summed E-state index contributed by atoms with van der Waals surface area (Å²) in [5.41, 5.74) is 8.75. The van der Waals surface area contributed by atoms with Gasteiger partial charge in [0.25, 0.3) is 0 Å². The van der Waals surface area contributed by atoms with Gasteiger partial charge in [-0.1, -0.05) is 49.7 Å². The molecule has 2 amide bonds. The number of hydrogen-bond acceptors (Lipinski definition) is 4. The molecule has 0 saturated carbocycles. The highest BCUT2D eigenvalue weighted by Crippen LogP contribution is 2.36. The van der Waals surface area contributed by atoms with E-state index in [1.165, 1.54) is 6.07 Å². The van der Waals surface area contributed by atoms with Crippen molar-refractivity contribution in [1.82, 2.24) is 9.80 Å². The minimum Gasteiger partial charge on any atom is -0.365 e. The number of benzene rings is 2. The molecular formula is C27H34ClFN4O2. The number of likely N-dealkylation sites (tertiary alicyclic amines) is 1. The molecule has 35 heavy (non-hydrogen) atoms. The molecule has 0 aromatic heterocycles. The maximum Gasteiger partial charge on any atom is 0.228 e. The summed E-state index contributed by atoms with van der Waals surface area (Å²) >= 11 is 6.06. The molecule has 8 heteroatoms. The largest absolute Gasteiger partial charge is 0.365 e. The van der Waals surface area contributed by atoms with Gasteiger partial charge in [0.15, 0.2) is 0 Å². The van der Waals surface area contributed by atoms with Crippen molar-refractivity contribution in [3.63, 3.8) is 0 Å². The van der Waals surface area contributed by atoms with Crippen LogP contribution in [0.3, 0.4) is 0 Å². The normalized spacial score (nSPS) is 21.5. The van der Waals surface area contributed by atoms with Crippen molar-refractivity contribution in [2.45, 2.75) is 32.7 Å². The third-order valence-corrected chi connectivity index (χ3v) is 7.64. The Bertz CT molecular complexity index is 1070. The number of halogens is 2. The Labute approximate surface area is 211 Å². The first-order valence-electron chi connectivity index (χ1n) is 12.3. The van der Waals surface area contributed by atoms with Crippen molar-refractivity contribution in [3.05, 3.63) is 64.4 Å². The van der Waals surface area contributed by atoms with Gasteiger partial charge in [-0.05, 0) is 35.2 Å². The van der Waals surface area contributed by atoms with E-state index in [-0.39, 0.29) is 41.4 Å². The molecule has 0 spiro atoms. The molecule has 3 atom stereocenters. The van der Waals surface area contributed by atoms with Crippen LogP contribution in [0.25, 0.3) is 0 Å². The lowest BCUT2D eigenvalue weighted by Gasteiger charge is -2.39. The fourth-order valence-electron chi connectivity index (χ4n) is 5.24. The average molecular weight is 501 g/mol. The lowest BCUT2D eigenvalue weighted by Crippen LogP contribution is -2.51. The third-order valence-electron chi connectivity index (χ3n) is 7.38. The van der Waals surface area contributed by atoms with Gasteiger partial charge in [0.2, 0.25) is 11.8 Å². The van der Waals surface area contributed by atoms with E-state index < -0.39 is 0 Å². The molecule has 2 N–H and O–H groups in total. The van der Waals surface area contributed by atoms with Crippen LogP contribution >= 0.6 is 11.6 Å². The molecule has 2 aliphatic rings. The summed E-state index contributed by atoms with van der Waals surface area (Å²) in [6, 6.07) is 12.3. The molecule has 6 nitrogen and oxygen atoms in total. The van der Waals surface area contributed by atoms with Crippen LogP contribution < -0.4 is 10.6 Å². The van der Waals surface area contributed by atoms with E-state index in [1.54, 1.807) is 17.9 Å². The monoisotopic (exact) mass is 500 g/mol. The molecule has 2 aliphatic heterocycles. The van der Waals surface area contributed by atoms with E-state index in [1.807, 2.05) is 54.0 Å². The molecule has 0 radical (unpaired) electrons. The molecule has 2 aromatic rings. The Hall–Kier alpha value is -2.64. The highest BCUT2D eigenvalue weighted by Gasteiger charge is 2.42. The van der Waals surface area contributed by atoms with Gasteiger partial charge in [-0.3, -0.25) is 9.59 Å². The minimum atomic E-state index is -0.315. The van der Waals surface area contributed by atoms with Crippen LogP contribution in [-0.4, -0.2) is 60.9 Å². The fraction of sp³-hybridized carbons (Fsp3) is 0.481. The Morgan fingerprint density at radius 1 is 1.00 bits per heavy atom. The van der Waals surface area contributed by atoms with Gasteiger partial charge in [0.05, 0.1) is 11.6 Å². The number of rotatable bonds is 5. The second kappa shape index (κ2) is 10.5. The van der Waals surface area contributed by atoms with Crippen LogP contribution in [0.5, 0.6) is 0 Å². The maximum atomic E-state index is 14.9. The standard InChI is InChI=1S/C27H34ClFN4O2/c1-17(2)25(30)21-5-4-6-24(29)26(21)31-11-13-32(14-12-31)27(35)23-16-33(18(3)34)15-22(23)19-7-9-20(28)10-8-19/h4-10,17,22-23,25H,11-16,30H2,1-3H3/t22-,23+,25-/m0/s1. The molecule has 0 bridgehead atoms. The zero-order valence-corrected chi connectivity index (χ0v) is 21.3. The second-order valence-corrected chi connectivity index (χ2v) is 10.4. The summed E-state index contributed by atoms with van der Waals surface area (Å²) in [6.07, 6.45) is 0. The molecule has 188 valence electrons. The van der Waals surface area contributed by atoms with E-state index in [2.05, 4.69) is 0 Å². The van der Waals surface area contributed by atoms with Gasteiger partial charge in [0.1, 0.15) is 5.82 Å². The van der Waals surface area contributed by atoms with Crippen molar-refractivity contribution in [3.8, 4) is 0 Å². The quantitative estimate of drug-likeness (QED) is 0.672.